The predicted molar refractivity (Wildman–Crippen MR) is 116 cm³/mol. The van der Waals surface area contributed by atoms with Crippen molar-refractivity contribution in [3.05, 3.63) is 24.3 Å². The smallest absolute Gasteiger partial charge is 0.469 e. The van der Waals surface area contributed by atoms with Crippen molar-refractivity contribution >= 4 is 20.0 Å². The van der Waals surface area contributed by atoms with E-state index in [9.17, 15) is 14.3 Å². The molecule has 174 valence electrons. The van der Waals surface area contributed by atoms with Gasteiger partial charge in [0.15, 0.2) is 0 Å². The number of carbonyl (C=O) groups is 1. The van der Waals surface area contributed by atoms with Crippen LogP contribution in [0, 0.1) is 0 Å². The number of phosphoric ester groups is 1. The first kappa shape index (κ1) is 28.6. The number of nitrogens with zero attached hydrogens (tertiary/aromatic N) is 1. The molecule has 0 aliphatic rings. The van der Waals surface area contributed by atoms with Crippen LogP contribution in [0.5, 0.6) is 0 Å². The Balaban J connectivity index is 4.23. The maximum absolute atomic E-state index is 12.0. The van der Waals surface area contributed by atoms with Crippen LogP contribution in [0.2, 0.25) is 0 Å². The molecule has 0 spiro atoms. The number of allylic oxidation sites excluding steroid dienone is 4. The fraction of sp³-hybridized carbons (Fsp3) is 0.700. The molecule has 0 aromatic heterocycles. The highest BCUT2D eigenvalue weighted by Gasteiger charge is 2.23. The van der Waals surface area contributed by atoms with Crippen LogP contribution in [0.3, 0.4) is 0 Å². The summed E-state index contributed by atoms with van der Waals surface area (Å²) < 4.78 is 37.6. The van der Waals surface area contributed by atoms with Crippen molar-refractivity contribution in [3.63, 3.8) is 0 Å². The topological polar surface area (TPSA) is 113 Å². The van der Waals surface area contributed by atoms with Gasteiger partial charge in [0.05, 0.1) is 33.5 Å². The van der Waals surface area contributed by atoms with E-state index in [4.69, 9.17) is 18.5 Å². The van der Waals surface area contributed by atoms with Gasteiger partial charge >= 0.3 is 13.8 Å². The minimum Gasteiger partial charge on any atom is -0.469 e. The summed E-state index contributed by atoms with van der Waals surface area (Å²) >= 11 is 0. The molecule has 0 saturated heterocycles. The number of hydrogen-bond donors (Lipinski definition) is 1. The minimum atomic E-state index is -4.21. The van der Waals surface area contributed by atoms with Crippen molar-refractivity contribution in [1.29, 1.82) is 0 Å². The normalized spacial score (nSPS) is 15.2. The molecule has 9 nitrogen and oxygen atoms in total. The Kier molecular flexibility index (Phi) is 18.7. The van der Waals surface area contributed by atoms with Crippen LogP contribution in [0.15, 0.2) is 29.3 Å². The van der Waals surface area contributed by atoms with E-state index >= 15 is 0 Å². The van der Waals surface area contributed by atoms with E-state index in [0.29, 0.717) is 32.5 Å². The number of phosphoric acid groups is 1. The summed E-state index contributed by atoms with van der Waals surface area (Å²) in [6.45, 7) is 5.07. The van der Waals surface area contributed by atoms with Crippen LogP contribution < -0.4 is 0 Å². The maximum Gasteiger partial charge on any atom is 0.472 e. The summed E-state index contributed by atoms with van der Waals surface area (Å²) in [5.74, 6) is -0.266. The number of carbonyl (C=O) groups excluding carboxylic acids is 1. The molecule has 0 saturated carbocycles. The van der Waals surface area contributed by atoms with Crippen LogP contribution in [0.25, 0.3) is 0 Å². The van der Waals surface area contributed by atoms with Crippen LogP contribution in [-0.4, -0.2) is 69.9 Å². The molecule has 0 amide bonds. The third-order valence-corrected chi connectivity index (χ3v) is 4.50. The molecular weight excluding hydrogens is 413 g/mol. The fourth-order valence-corrected chi connectivity index (χ4v) is 2.75. The number of unbranched alkanes of at least 4 members (excludes halogenated alkanes) is 1. The molecule has 0 fully saturated rings. The Bertz CT molecular complexity index is 565. The zero-order valence-electron chi connectivity index (χ0n) is 18.2. The Hall–Kier alpha value is -1.35. The lowest BCUT2D eigenvalue weighted by molar-refractivity contribution is -0.140. The largest absolute Gasteiger partial charge is 0.472 e. The van der Waals surface area contributed by atoms with Gasteiger partial charge in [-0.25, -0.2) is 4.57 Å². The molecule has 0 aromatic carbocycles. The number of hydrogen-bond acceptors (Lipinski definition) is 8. The maximum atomic E-state index is 12.0. The highest BCUT2D eigenvalue weighted by atomic mass is 31.2. The van der Waals surface area contributed by atoms with Crippen LogP contribution in [0.4, 0.5) is 0 Å². The van der Waals surface area contributed by atoms with Gasteiger partial charge in [0, 0.05) is 25.8 Å². The quantitative estimate of drug-likeness (QED) is 0.105. The number of methoxy groups -OCH3 is 1. The van der Waals surface area contributed by atoms with Crippen LogP contribution >= 0.6 is 7.82 Å². The minimum absolute atomic E-state index is 0.0485. The Morgan fingerprint density at radius 2 is 1.90 bits per heavy atom. The molecule has 0 radical (unpaired) electrons. The second-order valence-electron chi connectivity index (χ2n) is 6.16. The van der Waals surface area contributed by atoms with Crippen LogP contribution in [0.1, 0.15) is 39.5 Å². The van der Waals surface area contributed by atoms with E-state index in [1.54, 1.807) is 12.3 Å². The zero-order chi connectivity index (χ0) is 22.5. The summed E-state index contributed by atoms with van der Waals surface area (Å²) in [5, 5.41) is 0. The van der Waals surface area contributed by atoms with Crippen molar-refractivity contribution in [2.24, 2.45) is 4.99 Å². The van der Waals surface area contributed by atoms with Crippen molar-refractivity contribution in [1.82, 2.24) is 0 Å². The van der Waals surface area contributed by atoms with Crippen molar-refractivity contribution in [3.8, 4) is 0 Å². The Morgan fingerprint density at radius 1 is 1.10 bits per heavy atom. The number of ether oxygens (including phenoxy) is 3. The molecule has 0 aliphatic carbocycles. The van der Waals surface area contributed by atoms with E-state index in [1.807, 2.05) is 32.1 Å². The van der Waals surface area contributed by atoms with Crippen molar-refractivity contribution in [2.45, 2.75) is 45.6 Å². The van der Waals surface area contributed by atoms with Gasteiger partial charge in [0.1, 0.15) is 6.10 Å². The standard InChI is InChI=1S/C20H36NO8P/c1-4-6-7-9-12-21-13-16-28-30(23,24)29-18-19(17-26-14-5-2)27-15-10-8-11-20(22)25-3/h4,6-7,9,12,19H,5,8,10-11,13-18H2,1-3H3,(H,23,24)/b6-4-,9-7-,21-12?. The van der Waals surface area contributed by atoms with E-state index in [1.165, 1.54) is 7.11 Å². The van der Waals surface area contributed by atoms with Crippen molar-refractivity contribution < 1.29 is 37.5 Å². The van der Waals surface area contributed by atoms with E-state index in [2.05, 4.69) is 9.73 Å². The van der Waals surface area contributed by atoms with Gasteiger partial charge in [-0.1, -0.05) is 25.2 Å². The first-order valence-corrected chi connectivity index (χ1v) is 11.6. The van der Waals surface area contributed by atoms with Gasteiger partial charge in [-0.3, -0.25) is 18.8 Å². The van der Waals surface area contributed by atoms with Crippen molar-refractivity contribution in [2.75, 3.05) is 46.7 Å². The van der Waals surface area contributed by atoms with E-state index in [-0.39, 0.29) is 32.3 Å². The second-order valence-corrected chi connectivity index (χ2v) is 7.62. The zero-order valence-corrected chi connectivity index (χ0v) is 19.1. The lowest BCUT2D eigenvalue weighted by atomic mass is 10.2. The summed E-state index contributed by atoms with van der Waals surface area (Å²) in [4.78, 5) is 24.9. The Morgan fingerprint density at radius 3 is 2.60 bits per heavy atom. The molecule has 0 bridgehead atoms. The van der Waals surface area contributed by atoms with Gasteiger partial charge in [-0.2, -0.15) is 0 Å². The number of aliphatic imine (C=N–C) groups is 1. The highest BCUT2D eigenvalue weighted by Crippen LogP contribution is 2.43. The van der Waals surface area contributed by atoms with Gasteiger partial charge < -0.3 is 19.1 Å². The SMILES string of the molecule is C/C=C\C=C/C=NCCOP(=O)(O)OCC(COCCC)OCCCCC(=O)OC. The summed E-state index contributed by atoms with van der Waals surface area (Å²) in [6.07, 6.45) is 10.8. The lowest BCUT2D eigenvalue weighted by Gasteiger charge is -2.19. The molecule has 10 heteroatoms. The van der Waals surface area contributed by atoms with E-state index < -0.39 is 13.9 Å². The third-order valence-electron chi connectivity index (χ3n) is 3.51. The first-order chi connectivity index (χ1) is 14.4. The molecule has 0 aliphatic heterocycles. The monoisotopic (exact) mass is 449 g/mol. The lowest BCUT2D eigenvalue weighted by Crippen LogP contribution is -2.26. The first-order valence-electron chi connectivity index (χ1n) is 10.1. The van der Waals surface area contributed by atoms with E-state index in [0.717, 1.165) is 6.42 Å². The summed E-state index contributed by atoms with van der Waals surface area (Å²) in [6, 6.07) is 0. The predicted octanol–water partition coefficient (Wildman–Crippen LogP) is 3.48. The fourth-order valence-electron chi connectivity index (χ4n) is 2.01. The summed E-state index contributed by atoms with van der Waals surface area (Å²) in [5.41, 5.74) is 0. The van der Waals surface area contributed by atoms with Gasteiger partial charge in [0.25, 0.3) is 0 Å². The molecule has 2 unspecified atom stereocenters. The molecule has 0 rings (SSSR count). The average molecular weight is 449 g/mol. The third kappa shape index (κ3) is 18.7. The Labute approximate surface area is 179 Å². The highest BCUT2D eigenvalue weighted by molar-refractivity contribution is 7.47. The number of esters is 1. The number of rotatable bonds is 19. The average Bonchev–Trinajstić information content (AvgIpc) is 2.73. The molecule has 0 aromatic rings. The van der Waals surface area contributed by atoms with Gasteiger partial charge in [-0.15, -0.1) is 0 Å². The molecule has 0 heterocycles. The molecule has 1 N–H and O–H groups in total. The molecular formula is C20H36NO8P. The molecule has 2 atom stereocenters. The summed E-state index contributed by atoms with van der Waals surface area (Å²) in [7, 11) is -2.87. The van der Waals surface area contributed by atoms with Gasteiger partial charge in [-0.05, 0) is 32.3 Å². The molecule has 30 heavy (non-hydrogen) atoms. The second kappa shape index (κ2) is 19.6. The van der Waals surface area contributed by atoms with Gasteiger partial charge in [0.2, 0.25) is 0 Å². The van der Waals surface area contributed by atoms with Crippen LogP contribution in [-0.2, 0) is 32.6 Å².